The largest absolute Gasteiger partial charge is 0.392 e. The number of aliphatic hydroxyl groups is 1. The summed E-state index contributed by atoms with van der Waals surface area (Å²) < 4.78 is 5.32. The fraction of sp³-hybridized carbons (Fsp3) is 0.857. The van der Waals surface area contributed by atoms with E-state index >= 15 is 0 Å². The molecule has 106 valence electrons. The molecule has 1 aromatic heterocycles. The van der Waals surface area contributed by atoms with Gasteiger partial charge in [0.1, 0.15) is 0 Å². The number of hydrogen-bond donors (Lipinski definition) is 1. The molecule has 0 spiro atoms. The molecule has 1 aromatic rings. The average Bonchev–Trinajstić information content (AvgIpc) is 3.06. The monoisotopic (exact) mass is 282 g/mol. The highest BCUT2D eigenvalue weighted by atomic mass is 32.2. The lowest BCUT2D eigenvalue weighted by molar-refractivity contribution is 0.148. The third kappa shape index (κ3) is 3.31. The van der Waals surface area contributed by atoms with Crippen molar-refractivity contribution in [1.82, 2.24) is 10.1 Å². The van der Waals surface area contributed by atoms with Crippen molar-refractivity contribution in [3.8, 4) is 0 Å². The average molecular weight is 282 g/mol. The molecule has 5 heteroatoms. The van der Waals surface area contributed by atoms with E-state index in [9.17, 15) is 5.11 Å². The van der Waals surface area contributed by atoms with Gasteiger partial charge in [0.15, 0.2) is 5.82 Å². The molecule has 0 amide bonds. The van der Waals surface area contributed by atoms with E-state index in [0.29, 0.717) is 5.89 Å². The Bertz CT molecular complexity index is 404. The number of rotatable bonds is 4. The lowest BCUT2D eigenvalue weighted by atomic mass is 10.0. The normalized spacial score (nSPS) is 28.9. The first kappa shape index (κ1) is 13.4. The van der Waals surface area contributed by atoms with Crippen molar-refractivity contribution in [2.75, 3.05) is 0 Å². The highest BCUT2D eigenvalue weighted by Crippen LogP contribution is 2.34. The first-order chi connectivity index (χ1) is 9.33. The van der Waals surface area contributed by atoms with Gasteiger partial charge in [0.2, 0.25) is 5.89 Å². The van der Waals surface area contributed by atoms with Gasteiger partial charge in [-0.15, -0.1) is 0 Å². The van der Waals surface area contributed by atoms with Gasteiger partial charge in [-0.25, -0.2) is 0 Å². The van der Waals surface area contributed by atoms with Gasteiger partial charge in [-0.2, -0.15) is 16.7 Å². The third-order valence-electron chi connectivity index (χ3n) is 4.28. The molecule has 2 saturated carbocycles. The van der Waals surface area contributed by atoms with Crippen LogP contribution in [0.1, 0.15) is 69.0 Å². The van der Waals surface area contributed by atoms with Crippen LogP contribution < -0.4 is 0 Å². The second-order valence-corrected chi connectivity index (χ2v) is 7.01. The van der Waals surface area contributed by atoms with Crippen LogP contribution in [0.4, 0.5) is 0 Å². The predicted molar refractivity (Wildman–Crippen MR) is 75.1 cm³/mol. The Morgan fingerprint density at radius 3 is 2.68 bits per heavy atom. The van der Waals surface area contributed by atoms with Crippen LogP contribution in [-0.4, -0.2) is 26.6 Å². The first-order valence-corrected chi connectivity index (χ1v) is 8.50. The van der Waals surface area contributed by atoms with Crippen molar-refractivity contribution < 1.29 is 9.63 Å². The van der Waals surface area contributed by atoms with Gasteiger partial charge >= 0.3 is 0 Å². The second-order valence-electron chi connectivity index (χ2n) is 5.72. The van der Waals surface area contributed by atoms with Crippen LogP contribution in [-0.2, 0) is 5.75 Å². The molecule has 2 unspecified atom stereocenters. The molecule has 4 nitrogen and oxygen atoms in total. The van der Waals surface area contributed by atoms with E-state index < -0.39 is 0 Å². The van der Waals surface area contributed by atoms with E-state index in [1.54, 1.807) is 0 Å². The molecule has 0 aromatic carbocycles. The van der Waals surface area contributed by atoms with E-state index in [4.69, 9.17) is 4.52 Å². The van der Waals surface area contributed by atoms with E-state index in [1.165, 1.54) is 32.1 Å². The molecule has 2 atom stereocenters. The molecule has 3 rings (SSSR count). The van der Waals surface area contributed by atoms with Gasteiger partial charge in [-0.1, -0.05) is 24.4 Å². The second kappa shape index (κ2) is 6.27. The predicted octanol–water partition coefficient (Wildman–Crippen LogP) is 3.26. The van der Waals surface area contributed by atoms with E-state index in [2.05, 4.69) is 10.1 Å². The molecular weight excluding hydrogens is 260 g/mol. The number of nitrogens with zero attached hydrogens (tertiary/aromatic N) is 2. The van der Waals surface area contributed by atoms with Gasteiger partial charge in [0.25, 0.3) is 0 Å². The van der Waals surface area contributed by atoms with Crippen LogP contribution in [0.15, 0.2) is 4.52 Å². The quantitative estimate of drug-likeness (QED) is 0.918. The zero-order valence-electron chi connectivity index (χ0n) is 11.3. The van der Waals surface area contributed by atoms with Gasteiger partial charge < -0.3 is 9.63 Å². The minimum Gasteiger partial charge on any atom is -0.392 e. The van der Waals surface area contributed by atoms with Gasteiger partial charge in [-0.05, 0) is 32.1 Å². The molecule has 1 N–H and O–H groups in total. The van der Waals surface area contributed by atoms with Gasteiger partial charge in [0, 0.05) is 5.25 Å². The van der Waals surface area contributed by atoms with Crippen molar-refractivity contribution in [2.24, 2.45) is 0 Å². The lowest BCUT2D eigenvalue weighted by Gasteiger charge is -2.20. The smallest absolute Gasteiger partial charge is 0.232 e. The summed E-state index contributed by atoms with van der Waals surface area (Å²) >= 11 is 1.96. The summed E-state index contributed by atoms with van der Waals surface area (Å²) in [7, 11) is 0. The molecule has 0 aliphatic heterocycles. The Hall–Kier alpha value is -0.550. The molecule has 0 radical (unpaired) electrons. The Morgan fingerprint density at radius 1 is 1.11 bits per heavy atom. The Kier molecular flexibility index (Phi) is 4.43. The standard InChI is InChI=1S/C14H22N2O2S/c17-12-8-4-7-11(12)14-15-13(16-18-14)9-19-10-5-2-1-3-6-10/h10-12,17H,1-9H2. The Morgan fingerprint density at radius 2 is 1.95 bits per heavy atom. The maximum atomic E-state index is 9.85. The zero-order chi connectivity index (χ0) is 13.1. The Labute approximate surface area is 118 Å². The van der Waals surface area contributed by atoms with Crippen molar-refractivity contribution >= 4 is 11.8 Å². The fourth-order valence-corrected chi connectivity index (χ4v) is 4.30. The summed E-state index contributed by atoms with van der Waals surface area (Å²) in [6.45, 7) is 0. The van der Waals surface area contributed by atoms with E-state index in [1.807, 2.05) is 11.8 Å². The summed E-state index contributed by atoms with van der Waals surface area (Å²) in [4.78, 5) is 4.47. The van der Waals surface area contributed by atoms with E-state index in [-0.39, 0.29) is 12.0 Å². The minimum absolute atomic E-state index is 0.0703. The highest BCUT2D eigenvalue weighted by Gasteiger charge is 2.31. The highest BCUT2D eigenvalue weighted by molar-refractivity contribution is 7.99. The van der Waals surface area contributed by atoms with Gasteiger partial charge in [-0.3, -0.25) is 0 Å². The zero-order valence-corrected chi connectivity index (χ0v) is 12.1. The number of hydrogen-bond acceptors (Lipinski definition) is 5. The SMILES string of the molecule is OC1CCCC1c1nc(CSC2CCCCC2)no1. The fourth-order valence-electron chi connectivity index (χ4n) is 3.13. The summed E-state index contributed by atoms with van der Waals surface area (Å²) in [5.74, 6) is 2.35. The van der Waals surface area contributed by atoms with Crippen molar-refractivity contribution in [3.05, 3.63) is 11.7 Å². The summed E-state index contributed by atoms with van der Waals surface area (Å²) in [6.07, 6.45) is 9.38. The number of thioether (sulfide) groups is 1. The van der Waals surface area contributed by atoms with Crippen molar-refractivity contribution in [2.45, 2.75) is 74.4 Å². The minimum atomic E-state index is -0.292. The van der Waals surface area contributed by atoms with Crippen LogP contribution in [0, 0.1) is 0 Å². The Balaban J connectivity index is 1.52. The molecule has 2 aliphatic carbocycles. The van der Waals surface area contributed by atoms with Crippen LogP contribution >= 0.6 is 11.8 Å². The number of aliphatic hydroxyl groups excluding tert-OH is 1. The number of aromatic nitrogens is 2. The van der Waals surface area contributed by atoms with Crippen LogP contribution in [0.25, 0.3) is 0 Å². The molecule has 1 heterocycles. The lowest BCUT2D eigenvalue weighted by Crippen LogP contribution is -2.11. The summed E-state index contributed by atoms with van der Waals surface area (Å²) in [6, 6.07) is 0. The molecule has 0 saturated heterocycles. The summed E-state index contributed by atoms with van der Waals surface area (Å²) in [5, 5.41) is 14.7. The van der Waals surface area contributed by atoms with E-state index in [0.717, 1.165) is 36.1 Å². The van der Waals surface area contributed by atoms with Crippen LogP contribution in [0.5, 0.6) is 0 Å². The first-order valence-electron chi connectivity index (χ1n) is 7.45. The van der Waals surface area contributed by atoms with Gasteiger partial charge in [0.05, 0.1) is 17.8 Å². The van der Waals surface area contributed by atoms with Crippen molar-refractivity contribution in [3.63, 3.8) is 0 Å². The van der Waals surface area contributed by atoms with Crippen molar-refractivity contribution in [1.29, 1.82) is 0 Å². The summed E-state index contributed by atoms with van der Waals surface area (Å²) in [5.41, 5.74) is 0. The third-order valence-corrected chi connectivity index (χ3v) is 5.65. The maximum Gasteiger partial charge on any atom is 0.232 e. The molecule has 0 bridgehead atoms. The van der Waals surface area contributed by atoms with Crippen LogP contribution in [0.2, 0.25) is 0 Å². The maximum absolute atomic E-state index is 9.85. The topological polar surface area (TPSA) is 59.2 Å². The molecule has 2 fully saturated rings. The molecule has 19 heavy (non-hydrogen) atoms. The molecule has 2 aliphatic rings. The van der Waals surface area contributed by atoms with Crippen LogP contribution in [0.3, 0.4) is 0 Å². The molecular formula is C14H22N2O2S.